The van der Waals surface area contributed by atoms with Gasteiger partial charge in [-0.2, -0.15) is 0 Å². The van der Waals surface area contributed by atoms with Crippen LogP contribution in [0.25, 0.3) is 0 Å². The molecule has 0 saturated heterocycles. The first kappa shape index (κ1) is 17.1. The molecular weight excluding hydrogens is 274 g/mol. The van der Waals surface area contributed by atoms with Gasteiger partial charge in [-0.25, -0.2) is 0 Å². The molecule has 0 spiro atoms. The van der Waals surface area contributed by atoms with Crippen molar-refractivity contribution in [1.29, 1.82) is 0 Å². The molecule has 0 saturated carbocycles. The molecule has 6 heteroatoms. The van der Waals surface area contributed by atoms with Gasteiger partial charge in [-0.05, 0) is 43.7 Å². The predicted octanol–water partition coefficient (Wildman–Crippen LogP) is 1.08. The van der Waals surface area contributed by atoms with E-state index in [1.165, 1.54) is 0 Å². The Balaban J connectivity index is 2.73. The highest BCUT2D eigenvalue weighted by Gasteiger charge is 2.20. The third-order valence-electron chi connectivity index (χ3n) is 3.06. The second-order valence-corrected chi connectivity index (χ2v) is 4.61. The Kier molecular flexibility index (Phi) is 7.42. The van der Waals surface area contributed by atoms with E-state index in [9.17, 15) is 9.59 Å². The zero-order chi connectivity index (χ0) is 15.7. The van der Waals surface area contributed by atoms with Gasteiger partial charge in [-0.15, -0.1) is 0 Å². The van der Waals surface area contributed by atoms with Crippen molar-refractivity contribution in [2.24, 2.45) is 0 Å². The standard InChI is InChI=1S/C15H21NO5/c1-21-12-5-3-11(4-6-12)15(20)13(7-8-14(18)19)16-9-2-10-17/h3-6,13,16-17H,2,7-10H2,1H3,(H,18,19). The summed E-state index contributed by atoms with van der Waals surface area (Å²) in [6.45, 7) is 0.484. The Bertz CT molecular complexity index is 458. The Morgan fingerprint density at radius 2 is 1.95 bits per heavy atom. The molecule has 3 N–H and O–H groups in total. The Morgan fingerprint density at radius 1 is 1.29 bits per heavy atom. The first-order chi connectivity index (χ1) is 10.1. The molecule has 1 aromatic rings. The number of rotatable bonds is 10. The van der Waals surface area contributed by atoms with Gasteiger partial charge in [-0.3, -0.25) is 9.59 Å². The Labute approximate surface area is 123 Å². The van der Waals surface area contributed by atoms with Gasteiger partial charge >= 0.3 is 5.97 Å². The summed E-state index contributed by atoms with van der Waals surface area (Å²) in [5.41, 5.74) is 0.502. The fraction of sp³-hybridized carbons (Fsp3) is 0.467. The highest BCUT2D eigenvalue weighted by Crippen LogP contribution is 2.14. The van der Waals surface area contributed by atoms with E-state index in [-0.39, 0.29) is 25.2 Å². The van der Waals surface area contributed by atoms with E-state index in [1.54, 1.807) is 31.4 Å². The molecule has 0 aliphatic carbocycles. The molecule has 0 aliphatic rings. The monoisotopic (exact) mass is 295 g/mol. The van der Waals surface area contributed by atoms with E-state index in [0.717, 1.165) is 0 Å². The molecule has 1 rings (SSSR count). The second-order valence-electron chi connectivity index (χ2n) is 4.61. The van der Waals surface area contributed by atoms with E-state index in [4.69, 9.17) is 14.9 Å². The number of nitrogens with one attached hydrogen (secondary N) is 1. The van der Waals surface area contributed by atoms with Crippen molar-refractivity contribution < 1.29 is 24.5 Å². The Hall–Kier alpha value is -1.92. The maximum Gasteiger partial charge on any atom is 0.303 e. The maximum absolute atomic E-state index is 12.4. The molecule has 0 aliphatic heterocycles. The van der Waals surface area contributed by atoms with Crippen LogP contribution in [-0.4, -0.2) is 48.3 Å². The van der Waals surface area contributed by atoms with E-state index in [2.05, 4.69) is 5.32 Å². The number of aliphatic carboxylic acids is 1. The van der Waals surface area contributed by atoms with E-state index < -0.39 is 12.0 Å². The van der Waals surface area contributed by atoms with Crippen LogP contribution in [0.4, 0.5) is 0 Å². The number of aliphatic hydroxyl groups excluding tert-OH is 1. The molecule has 0 fully saturated rings. The van der Waals surface area contributed by atoms with Gasteiger partial charge in [0.25, 0.3) is 0 Å². The van der Waals surface area contributed by atoms with Crippen molar-refractivity contribution in [3.05, 3.63) is 29.8 Å². The molecule has 0 radical (unpaired) electrons. The number of hydrogen-bond acceptors (Lipinski definition) is 5. The van der Waals surface area contributed by atoms with Crippen molar-refractivity contribution in [2.45, 2.75) is 25.3 Å². The lowest BCUT2D eigenvalue weighted by atomic mass is 10.00. The summed E-state index contributed by atoms with van der Waals surface area (Å²) in [4.78, 5) is 23.1. The maximum atomic E-state index is 12.4. The number of ketones is 1. The predicted molar refractivity (Wildman–Crippen MR) is 77.7 cm³/mol. The average molecular weight is 295 g/mol. The van der Waals surface area contributed by atoms with Crippen LogP contribution in [0.2, 0.25) is 0 Å². The number of carboxylic acids is 1. The van der Waals surface area contributed by atoms with Crippen LogP contribution < -0.4 is 10.1 Å². The molecule has 116 valence electrons. The number of hydrogen-bond donors (Lipinski definition) is 3. The summed E-state index contributed by atoms with van der Waals surface area (Å²) in [6, 6.07) is 6.12. The number of carboxylic acid groups (broad SMARTS) is 1. The minimum Gasteiger partial charge on any atom is -0.497 e. The zero-order valence-corrected chi connectivity index (χ0v) is 12.0. The summed E-state index contributed by atoms with van der Waals surface area (Å²) in [5.74, 6) is -0.440. The normalized spacial score (nSPS) is 11.9. The molecule has 0 bridgehead atoms. The summed E-state index contributed by atoms with van der Waals surface area (Å²) < 4.78 is 5.04. The second kappa shape index (κ2) is 9.10. The Morgan fingerprint density at radius 3 is 2.48 bits per heavy atom. The van der Waals surface area contributed by atoms with E-state index in [1.807, 2.05) is 0 Å². The van der Waals surface area contributed by atoms with Gasteiger partial charge in [0.15, 0.2) is 5.78 Å². The average Bonchev–Trinajstić information content (AvgIpc) is 2.50. The van der Waals surface area contributed by atoms with Gasteiger partial charge in [0.2, 0.25) is 0 Å². The molecule has 1 unspecified atom stereocenters. The van der Waals surface area contributed by atoms with E-state index in [0.29, 0.717) is 24.3 Å². The van der Waals surface area contributed by atoms with Gasteiger partial charge < -0.3 is 20.3 Å². The minimum absolute atomic E-state index is 0.0232. The molecule has 0 heterocycles. The SMILES string of the molecule is COc1ccc(C(=O)C(CCC(=O)O)NCCCO)cc1. The molecule has 6 nitrogen and oxygen atoms in total. The fourth-order valence-corrected chi connectivity index (χ4v) is 1.91. The van der Waals surface area contributed by atoms with Crippen LogP contribution in [0.3, 0.4) is 0 Å². The fourth-order valence-electron chi connectivity index (χ4n) is 1.91. The quantitative estimate of drug-likeness (QED) is 0.441. The molecule has 1 aromatic carbocycles. The highest BCUT2D eigenvalue weighted by molar-refractivity contribution is 6.00. The lowest BCUT2D eigenvalue weighted by Gasteiger charge is -2.17. The number of ether oxygens (including phenoxy) is 1. The largest absolute Gasteiger partial charge is 0.497 e. The summed E-state index contributed by atoms with van der Waals surface area (Å²) in [5, 5.41) is 20.5. The van der Waals surface area contributed by atoms with Crippen LogP contribution in [0, 0.1) is 0 Å². The molecule has 1 atom stereocenters. The number of Topliss-reactive ketones (excluding diaryl/α,β-unsaturated/α-hetero) is 1. The molecular formula is C15H21NO5. The van der Waals surface area contributed by atoms with Crippen LogP contribution in [-0.2, 0) is 4.79 Å². The van der Waals surface area contributed by atoms with Gasteiger partial charge in [0, 0.05) is 18.6 Å². The minimum atomic E-state index is -0.938. The van der Waals surface area contributed by atoms with Crippen LogP contribution in [0.5, 0.6) is 5.75 Å². The smallest absolute Gasteiger partial charge is 0.303 e. The first-order valence-electron chi connectivity index (χ1n) is 6.82. The lowest BCUT2D eigenvalue weighted by molar-refractivity contribution is -0.137. The van der Waals surface area contributed by atoms with E-state index >= 15 is 0 Å². The number of methoxy groups -OCH3 is 1. The lowest BCUT2D eigenvalue weighted by Crippen LogP contribution is -2.38. The van der Waals surface area contributed by atoms with Gasteiger partial charge in [-0.1, -0.05) is 0 Å². The number of aliphatic hydroxyl groups is 1. The van der Waals surface area contributed by atoms with Crippen molar-refractivity contribution in [3.63, 3.8) is 0 Å². The third-order valence-corrected chi connectivity index (χ3v) is 3.06. The topological polar surface area (TPSA) is 95.9 Å². The number of carbonyl (C=O) groups excluding carboxylic acids is 1. The zero-order valence-electron chi connectivity index (χ0n) is 12.0. The summed E-state index contributed by atoms with van der Waals surface area (Å²) >= 11 is 0. The number of benzene rings is 1. The molecule has 21 heavy (non-hydrogen) atoms. The van der Waals surface area contributed by atoms with Crippen LogP contribution in [0.1, 0.15) is 29.6 Å². The van der Waals surface area contributed by atoms with Crippen molar-refractivity contribution in [3.8, 4) is 5.75 Å². The third kappa shape index (κ3) is 5.93. The van der Waals surface area contributed by atoms with Crippen molar-refractivity contribution in [1.82, 2.24) is 5.32 Å². The van der Waals surface area contributed by atoms with Crippen molar-refractivity contribution in [2.75, 3.05) is 20.3 Å². The van der Waals surface area contributed by atoms with Gasteiger partial charge in [0.05, 0.1) is 13.2 Å². The van der Waals surface area contributed by atoms with Crippen molar-refractivity contribution >= 4 is 11.8 Å². The van der Waals surface area contributed by atoms with Gasteiger partial charge in [0.1, 0.15) is 5.75 Å². The van der Waals surface area contributed by atoms with Crippen LogP contribution in [0.15, 0.2) is 24.3 Å². The first-order valence-corrected chi connectivity index (χ1v) is 6.82. The molecule has 0 aromatic heterocycles. The number of carbonyl (C=O) groups is 2. The molecule has 0 amide bonds. The summed E-state index contributed by atoms with van der Waals surface area (Å²) in [7, 11) is 1.54. The van der Waals surface area contributed by atoms with Crippen LogP contribution >= 0.6 is 0 Å². The highest BCUT2D eigenvalue weighted by atomic mass is 16.5. The summed E-state index contributed by atoms with van der Waals surface area (Å²) in [6.07, 6.45) is 0.643.